The summed E-state index contributed by atoms with van der Waals surface area (Å²) in [6, 6.07) is 12.8. The van der Waals surface area contributed by atoms with Crippen molar-refractivity contribution in [3.63, 3.8) is 0 Å². The molecule has 2 aromatic carbocycles. The van der Waals surface area contributed by atoms with Gasteiger partial charge >= 0.3 is 0 Å². The fourth-order valence-electron chi connectivity index (χ4n) is 1.59. The average Bonchev–Trinajstić information content (AvgIpc) is 2.39. The molecule has 5 heteroatoms. The summed E-state index contributed by atoms with van der Waals surface area (Å²) in [5.74, 6) is -0.137. The van der Waals surface area contributed by atoms with Gasteiger partial charge in [-0.1, -0.05) is 28.1 Å². The molecule has 2 nitrogen and oxygen atoms in total. The highest BCUT2D eigenvalue weighted by Crippen LogP contribution is 2.26. The van der Waals surface area contributed by atoms with Crippen LogP contribution in [0.4, 0.5) is 4.39 Å². The van der Waals surface area contributed by atoms with Gasteiger partial charge in [-0.3, -0.25) is 5.41 Å². The minimum absolute atomic E-state index is 0.161. The van der Waals surface area contributed by atoms with Crippen molar-refractivity contribution in [3.8, 4) is 0 Å². The van der Waals surface area contributed by atoms with E-state index in [2.05, 4.69) is 15.9 Å². The molecule has 0 spiro atoms. The fourth-order valence-corrected chi connectivity index (χ4v) is 2.73. The molecule has 0 radical (unpaired) electrons. The summed E-state index contributed by atoms with van der Waals surface area (Å²) in [5, 5.41) is 7.32. The van der Waals surface area contributed by atoms with Crippen molar-refractivity contribution in [3.05, 3.63) is 63.9 Å². The third-order valence-corrected chi connectivity index (χ3v) is 4.17. The van der Waals surface area contributed by atoms with Crippen LogP contribution >= 0.6 is 27.7 Å². The van der Waals surface area contributed by atoms with E-state index < -0.39 is 5.82 Å². The minimum Gasteiger partial charge on any atom is -0.384 e. The molecule has 0 unspecified atom stereocenters. The molecule has 19 heavy (non-hydrogen) atoms. The third kappa shape index (κ3) is 3.58. The van der Waals surface area contributed by atoms with Crippen LogP contribution in [0.1, 0.15) is 11.1 Å². The molecule has 98 valence electrons. The highest BCUT2D eigenvalue weighted by molar-refractivity contribution is 9.10. The van der Waals surface area contributed by atoms with Crippen molar-refractivity contribution < 1.29 is 4.39 Å². The Kier molecular flexibility index (Phi) is 4.61. The van der Waals surface area contributed by atoms with Gasteiger partial charge in [0.2, 0.25) is 0 Å². The number of rotatable bonds is 4. The van der Waals surface area contributed by atoms with Crippen molar-refractivity contribution in [1.29, 1.82) is 5.41 Å². The molecule has 0 heterocycles. The van der Waals surface area contributed by atoms with Gasteiger partial charge in [0.25, 0.3) is 0 Å². The molecule has 0 saturated carbocycles. The second-order valence-corrected chi connectivity index (χ2v) is 5.90. The SMILES string of the molecule is N=C(N)c1cccc(CSc2ccc(Br)cc2)c1F. The first-order valence-electron chi connectivity index (χ1n) is 5.58. The Hall–Kier alpha value is -1.33. The lowest BCUT2D eigenvalue weighted by Gasteiger charge is -2.07. The lowest BCUT2D eigenvalue weighted by molar-refractivity contribution is 0.614. The van der Waals surface area contributed by atoms with E-state index >= 15 is 0 Å². The molecular weight excluding hydrogens is 327 g/mol. The van der Waals surface area contributed by atoms with Crippen LogP contribution in [0.3, 0.4) is 0 Å². The van der Waals surface area contributed by atoms with Crippen molar-refractivity contribution in [1.82, 2.24) is 0 Å². The van der Waals surface area contributed by atoms with Gasteiger partial charge in [0, 0.05) is 15.1 Å². The molecule has 0 aliphatic carbocycles. The molecule has 0 aliphatic rings. The van der Waals surface area contributed by atoms with Crippen LogP contribution in [0.25, 0.3) is 0 Å². The van der Waals surface area contributed by atoms with Crippen LogP contribution in [-0.4, -0.2) is 5.84 Å². The first-order valence-corrected chi connectivity index (χ1v) is 7.36. The largest absolute Gasteiger partial charge is 0.384 e. The predicted octanol–water partition coefficient (Wildman–Crippen LogP) is 4.16. The van der Waals surface area contributed by atoms with E-state index in [4.69, 9.17) is 11.1 Å². The maximum atomic E-state index is 14.0. The number of hydrogen-bond donors (Lipinski definition) is 2. The standard InChI is InChI=1S/C14H12BrFN2S/c15-10-4-6-11(7-5-10)19-8-9-2-1-3-12(13(9)16)14(17)18/h1-7H,8H2,(H3,17,18). The van der Waals surface area contributed by atoms with Crippen LogP contribution in [0.5, 0.6) is 0 Å². The van der Waals surface area contributed by atoms with Gasteiger partial charge in [0.1, 0.15) is 11.7 Å². The molecule has 2 aromatic rings. The minimum atomic E-state index is -0.403. The average molecular weight is 339 g/mol. The number of thioether (sulfide) groups is 1. The summed E-state index contributed by atoms with van der Waals surface area (Å²) in [5.41, 5.74) is 6.06. The number of halogens is 2. The zero-order valence-corrected chi connectivity index (χ0v) is 12.4. The third-order valence-electron chi connectivity index (χ3n) is 2.58. The Bertz CT molecular complexity index is 599. The molecule has 0 saturated heterocycles. The zero-order chi connectivity index (χ0) is 13.8. The number of nitrogens with two attached hydrogens (primary N) is 1. The van der Waals surface area contributed by atoms with Crippen molar-refractivity contribution in [2.75, 3.05) is 0 Å². The van der Waals surface area contributed by atoms with E-state index in [1.165, 1.54) is 6.07 Å². The van der Waals surface area contributed by atoms with Crippen LogP contribution in [0, 0.1) is 11.2 Å². The van der Waals surface area contributed by atoms with E-state index in [9.17, 15) is 4.39 Å². The summed E-state index contributed by atoms with van der Waals surface area (Å²) in [6.45, 7) is 0. The van der Waals surface area contributed by atoms with Crippen molar-refractivity contribution in [2.45, 2.75) is 10.6 Å². The molecule has 0 amide bonds. The second-order valence-electron chi connectivity index (χ2n) is 3.93. The monoisotopic (exact) mass is 338 g/mol. The molecule has 0 fully saturated rings. The Morgan fingerprint density at radius 2 is 1.89 bits per heavy atom. The van der Waals surface area contributed by atoms with Crippen molar-refractivity contribution >= 4 is 33.5 Å². The first-order chi connectivity index (χ1) is 9.08. The Labute approximate surface area is 123 Å². The summed E-state index contributed by atoms with van der Waals surface area (Å²) >= 11 is 4.92. The lowest BCUT2D eigenvalue weighted by atomic mass is 10.1. The molecule has 0 aromatic heterocycles. The summed E-state index contributed by atoms with van der Waals surface area (Å²) in [7, 11) is 0. The smallest absolute Gasteiger partial charge is 0.138 e. The van der Waals surface area contributed by atoms with Gasteiger partial charge in [-0.15, -0.1) is 11.8 Å². The van der Waals surface area contributed by atoms with E-state index in [1.54, 1.807) is 23.9 Å². The van der Waals surface area contributed by atoms with E-state index in [0.717, 1.165) is 9.37 Å². The van der Waals surface area contributed by atoms with Crippen LogP contribution < -0.4 is 5.73 Å². The quantitative estimate of drug-likeness (QED) is 0.499. The maximum absolute atomic E-state index is 14.0. The number of amidine groups is 1. The summed E-state index contributed by atoms with van der Waals surface area (Å²) in [6.07, 6.45) is 0. The zero-order valence-electron chi connectivity index (χ0n) is 9.99. The van der Waals surface area contributed by atoms with Gasteiger partial charge in [-0.2, -0.15) is 0 Å². The van der Waals surface area contributed by atoms with E-state index in [1.807, 2.05) is 24.3 Å². The number of hydrogen-bond acceptors (Lipinski definition) is 2. The van der Waals surface area contributed by atoms with Crippen LogP contribution in [0.2, 0.25) is 0 Å². The van der Waals surface area contributed by atoms with Gasteiger partial charge in [-0.25, -0.2) is 4.39 Å². The first kappa shape index (κ1) is 14.1. The van der Waals surface area contributed by atoms with Gasteiger partial charge in [-0.05, 0) is 35.9 Å². The number of benzene rings is 2. The number of nitrogen functional groups attached to an aromatic ring is 1. The van der Waals surface area contributed by atoms with E-state index in [0.29, 0.717) is 11.3 Å². The topological polar surface area (TPSA) is 49.9 Å². The Morgan fingerprint density at radius 3 is 2.53 bits per heavy atom. The lowest BCUT2D eigenvalue weighted by Crippen LogP contribution is -2.14. The molecule has 0 atom stereocenters. The van der Waals surface area contributed by atoms with Gasteiger partial charge in [0.15, 0.2) is 0 Å². The van der Waals surface area contributed by atoms with Gasteiger partial charge < -0.3 is 5.73 Å². The fraction of sp³-hybridized carbons (Fsp3) is 0.0714. The molecule has 2 rings (SSSR count). The summed E-state index contributed by atoms with van der Waals surface area (Å²) < 4.78 is 15.1. The number of nitrogens with one attached hydrogen (secondary N) is 1. The van der Waals surface area contributed by atoms with Crippen molar-refractivity contribution in [2.24, 2.45) is 5.73 Å². The second kappa shape index (κ2) is 6.21. The maximum Gasteiger partial charge on any atom is 0.138 e. The Balaban J connectivity index is 2.13. The molecule has 0 aliphatic heterocycles. The molecular formula is C14H12BrFN2S. The summed E-state index contributed by atoms with van der Waals surface area (Å²) in [4.78, 5) is 1.07. The van der Waals surface area contributed by atoms with Gasteiger partial charge in [0.05, 0.1) is 5.56 Å². The van der Waals surface area contributed by atoms with E-state index in [-0.39, 0.29) is 11.4 Å². The normalized spacial score (nSPS) is 10.4. The Morgan fingerprint density at radius 1 is 1.21 bits per heavy atom. The highest BCUT2D eigenvalue weighted by Gasteiger charge is 2.10. The predicted molar refractivity (Wildman–Crippen MR) is 81.1 cm³/mol. The molecule has 3 N–H and O–H groups in total. The highest BCUT2D eigenvalue weighted by atomic mass is 79.9. The van der Waals surface area contributed by atoms with Crippen LogP contribution in [0.15, 0.2) is 51.8 Å². The molecule has 0 bridgehead atoms. The van der Waals surface area contributed by atoms with Crippen LogP contribution in [-0.2, 0) is 5.75 Å².